The van der Waals surface area contributed by atoms with Gasteiger partial charge in [0, 0.05) is 20.6 Å². The van der Waals surface area contributed by atoms with E-state index in [-0.39, 0.29) is 12.0 Å². The van der Waals surface area contributed by atoms with Gasteiger partial charge in [-0.15, -0.1) is 0 Å². The summed E-state index contributed by atoms with van der Waals surface area (Å²) in [5.41, 5.74) is -0.574. The predicted molar refractivity (Wildman–Crippen MR) is 46.6 cm³/mol. The molecule has 0 aromatic rings. The minimum Gasteiger partial charge on any atom is -0.358 e. The Balaban J connectivity index is 1.92. The molecule has 2 aliphatic carbocycles. The first-order valence-corrected chi connectivity index (χ1v) is 4.97. The molecular weight excluding hydrogens is 184 g/mol. The van der Waals surface area contributed by atoms with Crippen LogP contribution in [-0.4, -0.2) is 38.0 Å². The second-order valence-electron chi connectivity index (χ2n) is 4.48. The van der Waals surface area contributed by atoms with Crippen molar-refractivity contribution in [3.8, 4) is 0 Å². The number of aldehydes is 1. The Labute approximate surface area is 82.5 Å². The third kappa shape index (κ3) is 0.710. The molecule has 0 amide bonds. The molecule has 1 heterocycles. The maximum absolute atomic E-state index is 11.0. The van der Waals surface area contributed by atoms with Crippen LogP contribution in [0.15, 0.2) is 0 Å². The highest BCUT2D eigenvalue weighted by Gasteiger charge is 2.79. The highest BCUT2D eigenvalue weighted by atomic mass is 16.7. The van der Waals surface area contributed by atoms with Gasteiger partial charge in [0.2, 0.25) is 0 Å². The lowest BCUT2D eigenvalue weighted by Crippen LogP contribution is -2.60. The second kappa shape index (κ2) is 2.38. The van der Waals surface area contributed by atoms with Gasteiger partial charge in [-0.2, -0.15) is 0 Å². The van der Waals surface area contributed by atoms with E-state index in [9.17, 15) is 4.79 Å². The lowest BCUT2D eigenvalue weighted by Gasteiger charge is -2.51. The van der Waals surface area contributed by atoms with E-state index in [0.717, 1.165) is 19.1 Å². The van der Waals surface area contributed by atoms with Gasteiger partial charge in [-0.05, 0) is 12.3 Å². The molecule has 1 aliphatic heterocycles. The maximum atomic E-state index is 11.0. The molecule has 0 aromatic carbocycles. The molecule has 2 saturated carbocycles. The van der Waals surface area contributed by atoms with Crippen LogP contribution in [0.4, 0.5) is 0 Å². The number of fused-ring (bicyclic) bond motifs is 3. The summed E-state index contributed by atoms with van der Waals surface area (Å²) in [4.78, 5) is 11.0. The number of carbonyl (C=O) groups excluding carboxylic acids is 1. The van der Waals surface area contributed by atoms with Gasteiger partial charge in [0.05, 0.1) is 12.0 Å². The summed E-state index contributed by atoms with van der Waals surface area (Å²) in [7, 11) is 3.27. The van der Waals surface area contributed by atoms with Crippen LogP contribution in [0.25, 0.3) is 0 Å². The molecule has 0 unspecified atom stereocenters. The number of epoxide rings is 1. The molecule has 3 aliphatic rings. The average molecular weight is 198 g/mol. The first-order valence-electron chi connectivity index (χ1n) is 4.97. The summed E-state index contributed by atoms with van der Waals surface area (Å²) in [6.45, 7) is 0. The highest BCUT2D eigenvalue weighted by molar-refractivity contribution is 5.71. The van der Waals surface area contributed by atoms with Crippen LogP contribution < -0.4 is 0 Å². The van der Waals surface area contributed by atoms with Crippen LogP contribution in [-0.2, 0) is 19.0 Å². The van der Waals surface area contributed by atoms with Gasteiger partial charge < -0.3 is 19.0 Å². The van der Waals surface area contributed by atoms with E-state index < -0.39 is 11.4 Å². The summed E-state index contributed by atoms with van der Waals surface area (Å²) >= 11 is 0. The van der Waals surface area contributed by atoms with Crippen molar-refractivity contribution in [1.29, 1.82) is 0 Å². The lowest BCUT2D eigenvalue weighted by atomic mass is 9.66. The zero-order chi connectivity index (χ0) is 9.97. The molecule has 0 aromatic heterocycles. The van der Waals surface area contributed by atoms with Crippen molar-refractivity contribution in [3.05, 3.63) is 0 Å². The molecule has 1 saturated heterocycles. The Hall–Kier alpha value is -0.450. The van der Waals surface area contributed by atoms with E-state index in [1.54, 1.807) is 14.2 Å². The molecule has 0 N–H and O–H groups in total. The fourth-order valence-electron chi connectivity index (χ4n) is 3.41. The smallest absolute Gasteiger partial charge is 0.174 e. The van der Waals surface area contributed by atoms with Crippen LogP contribution in [0.3, 0.4) is 0 Å². The normalized spacial score (nSPS) is 51.7. The summed E-state index contributed by atoms with van der Waals surface area (Å²) in [6, 6.07) is 0. The van der Waals surface area contributed by atoms with Crippen molar-refractivity contribution in [2.75, 3.05) is 14.2 Å². The van der Waals surface area contributed by atoms with Crippen LogP contribution in [0, 0.1) is 11.8 Å². The van der Waals surface area contributed by atoms with Crippen LogP contribution >= 0.6 is 0 Å². The summed E-state index contributed by atoms with van der Waals surface area (Å²) in [6.07, 6.45) is 2.94. The minimum atomic E-state index is -0.574. The average Bonchev–Trinajstić information content (AvgIpc) is 2.80. The van der Waals surface area contributed by atoms with Gasteiger partial charge in [-0.1, -0.05) is 0 Å². The summed E-state index contributed by atoms with van der Waals surface area (Å²) in [5.74, 6) is 0.0722. The summed E-state index contributed by atoms with van der Waals surface area (Å²) in [5, 5.41) is 0. The standard InChI is InChI=1S/C10H14O4/c1-12-10(13-2)4-6-3-7-9(5-11,14-7)8(6)10/h5-8H,3-4H2,1-2H3/t6-,7-,8+,9-/m1/s1. The van der Waals surface area contributed by atoms with Gasteiger partial charge in [0.25, 0.3) is 0 Å². The van der Waals surface area contributed by atoms with Gasteiger partial charge in [-0.3, -0.25) is 0 Å². The van der Waals surface area contributed by atoms with E-state index in [2.05, 4.69) is 0 Å². The Bertz CT molecular complexity index is 286. The molecule has 14 heavy (non-hydrogen) atoms. The van der Waals surface area contributed by atoms with Gasteiger partial charge in [0.15, 0.2) is 17.7 Å². The molecule has 3 rings (SSSR count). The van der Waals surface area contributed by atoms with Crippen molar-refractivity contribution >= 4 is 6.29 Å². The molecule has 3 fully saturated rings. The molecule has 0 radical (unpaired) electrons. The monoisotopic (exact) mass is 198 g/mol. The third-order valence-electron chi connectivity index (χ3n) is 4.16. The maximum Gasteiger partial charge on any atom is 0.174 e. The fourth-order valence-corrected chi connectivity index (χ4v) is 3.41. The molecular formula is C10H14O4. The Morgan fingerprint density at radius 2 is 2.14 bits per heavy atom. The zero-order valence-electron chi connectivity index (χ0n) is 8.36. The number of hydrogen-bond acceptors (Lipinski definition) is 4. The molecule has 4 heteroatoms. The van der Waals surface area contributed by atoms with Crippen molar-refractivity contribution in [1.82, 2.24) is 0 Å². The second-order valence-corrected chi connectivity index (χ2v) is 4.48. The number of ether oxygens (including phenoxy) is 3. The van der Waals surface area contributed by atoms with Gasteiger partial charge in [0.1, 0.15) is 0 Å². The van der Waals surface area contributed by atoms with E-state index in [4.69, 9.17) is 14.2 Å². The van der Waals surface area contributed by atoms with Crippen molar-refractivity contribution in [2.45, 2.75) is 30.3 Å². The molecule has 0 spiro atoms. The van der Waals surface area contributed by atoms with Crippen LogP contribution in [0.5, 0.6) is 0 Å². The third-order valence-corrected chi connectivity index (χ3v) is 4.16. The topological polar surface area (TPSA) is 48.1 Å². The van der Waals surface area contributed by atoms with E-state index >= 15 is 0 Å². The lowest BCUT2D eigenvalue weighted by molar-refractivity contribution is -0.317. The van der Waals surface area contributed by atoms with Crippen molar-refractivity contribution in [3.63, 3.8) is 0 Å². The molecule has 4 nitrogen and oxygen atoms in total. The van der Waals surface area contributed by atoms with E-state index in [0.29, 0.717) is 5.92 Å². The molecule has 78 valence electrons. The Morgan fingerprint density at radius 1 is 1.43 bits per heavy atom. The van der Waals surface area contributed by atoms with Crippen molar-refractivity contribution in [2.24, 2.45) is 11.8 Å². The SMILES string of the molecule is COC1(OC)C[C@H]2C[C@H]3O[C@@]3(C=O)[C@H]21. The van der Waals surface area contributed by atoms with Crippen LogP contribution in [0.1, 0.15) is 12.8 Å². The quantitative estimate of drug-likeness (QED) is 0.373. The fraction of sp³-hybridized carbons (Fsp3) is 0.900. The first-order chi connectivity index (χ1) is 6.72. The number of methoxy groups -OCH3 is 2. The number of hydrogen-bond donors (Lipinski definition) is 0. The minimum absolute atomic E-state index is 0.104. The van der Waals surface area contributed by atoms with Crippen molar-refractivity contribution < 1.29 is 19.0 Å². The predicted octanol–water partition coefficient (Wildman–Crippen LogP) is 0.352. The Morgan fingerprint density at radius 3 is 2.71 bits per heavy atom. The Kier molecular flexibility index (Phi) is 1.50. The summed E-state index contributed by atoms with van der Waals surface area (Å²) < 4.78 is 16.3. The van der Waals surface area contributed by atoms with Gasteiger partial charge >= 0.3 is 0 Å². The highest BCUT2D eigenvalue weighted by Crippen LogP contribution is 2.67. The molecule has 0 bridgehead atoms. The zero-order valence-corrected chi connectivity index (χ0v) is 8.36. The largest absolute Gasteiger partial charge is 0.358 e. The number of carbonyl (C=O) groups is 1. The number of rotatable bonds is 3. The van der Waals surface area contributed by atoms with Gasteiger partial charge in [-0.25, -0.2) is 0 Å². The van der Waals surface area contributed by atoms with Crippen LogP contribution in [0.2, 0.25) is 0 Å². The van der Waals surface area contributed by atoms with E-state index in [1.165, 1.54) is 0 Å². The first kappa shape index (κ1) is 8.83. The van der Waals surface area contributed by atoms with E-state index in [1.807, 2.05) is 0 Å². The molecule has 4 atom stereocenters.